The third kappa shape index (κ3) is 5.56. The van der Waals surface area contributed by atoms with Gasteiger partial charge in [-0.2, -0.15) is 13.2 Å². The second-order valence-electron chi connectivity index (χ2n) is 4.07. The van der Waals surface area contributed by atoms with Gasteiger partial charge in [-0.3, -0.25) is 14.9 Å². The number of carbonyl (C=O) groups excluding carboxylic acids is 1. The molecule has 1 aromatic rings. The van der Waals surface area contributed by atoms with E-state index in [-0.39, 0.29) is 30.2 Å². The lowest BCUT2D eigenvalue weighted by atomic mass is 10.1. The summed E-state index contributed by atoms with van der Waals surface area (Å²) in [7, 11) is 1.25. The van der Waals surface area contributed by atoms with Crippen LogP contribution >= 0.6 is 0 Å². The Bertz CT molecular complexity index is 548. The summed E-state index contributed by atoms with van der Waals surface area (Å²) in [5, 5.41) is 13.1. The maximum atomic E-state index is 11.8. The third-order valence-corrected chi connectivity index (χ3v) is 2.44. The topological polar surface area (TPSA) is 90.7 Å². The third-order valence-electron chi connectivity index (χ3n) is 2.44. The van der Waals surface area contributed by atoms with E-state index in [1.54, 1.807) is 0 Å². The second kappa shape index (κ2) is 7.59. The standard InChI is InChI=1S/C12H13F3N2O5/c1-21-10-3-2-8(6-9(10)17(19)20)11(18)16-4-5-22-7-12(13,14)15/h2-3,6H,4-5,7H2,1H3,(H,16,18). The maximum absolute atomic E-state index is 11.8. The highest BCUT2D eigenvalue weighted by Gasteiger charge is 2.27. The van der Waals surface area contributed by atoms with Gasteiger partial charge in [-0.05, 0) is 12.1 Å². The lowest BCUT2D eigenvalue weighted by Gasteiger charge is -2.09. The molecule has 0 saturated heterocycles. The summed E-state index contributed by atoms with van der Waals surface area (Å²) in [4.78, 5) is 21.8. The molecule has 122 valence electrons. The molecule has 0 aliphatic rings. The van der Waals surface area contributed by atoms with Gasteiger partial charge in [0.05, 0.1) is 18.6 Å². The largest absolute Gasteiger partial charge is 0.490 e. The number of rotatable bonds is 7. The number of hydrogen-bond acceptors (Lipinski definition) is 5. The van der Waals surface area contributed by atoms with E-state index >= 15 is 0 Å². The van der Waals surface area contributed by atoms with Crippen LogP contribution in [0.4, 0.5) is 18.9 Å². The minimum Gasteiger partial charge on any atom is -0.490 e. The molecule has 0 radical (unpaired) electrons. The van der Waals surface area contributed by atoms with Crippen LogP contribution < -0.4 is 10.1 Å². The molecule has 0 spiro atoms. The molecule has 7 nitrogen and oxygen atoms in total. The highest BCUT2D eigenvalue weighted by atomic mass is 19.4. The zero-order valence-electron chi connectivity index (χ0n) is 11.5. The van der Waals surface area contributed by atoms with E-state index in [0.717, 1.165) is 6.07 Å². The van der Waals surface area contributed by atoms with Gasteiger partial charge < -0.3 is 14.8 Å². The quantitative estimate of drug-likeness (QED) is 0.470. The molecule has 1 N–H and O–H groups in total. The van der Waals surface area contributed by atoms with Crippen LogP contribution in [0.5, 0.6) is 5.75 Å². The van der Waals surface area contributed by atoms with Crippen LogP contribution in [0.1, 0.15) is 10.4 Å². The number of nitrogens with zero attached hydrogens (tertiary/aromatic N) is 1. The van der Waals surface area contributed by atoms with Crippen molar-refractivity contribution in [2.75, 3.05) is 26.9 Å². The normalized spacial score (nSPS) is 11.1. The zero-order chi connectivity index (χ0) is 16.8. The SMILES string of the molecule is COc1ccc(C(=O)NCCOCC(F)(F)F)cc1[N+](=O)[O-]. The number of carbonyl (C=O) groups is 1. The highest BCUT2D eigenvalue weighted by molar-refractivity contribution is 5.95. The van der Waals surface area contributed by atoms with Gasteiger partial charge in [0, 0.05) is 18.2 Å². The second-order valence-corrected chi connectivity index (χ2v) is 4.07. The smallest absolute Gasteiger partial charge is 0.411 e. The summed E-state index contributed by atoms with van der Waals surface area (Å²) in [5.41, 5.74) is -0.396. The molecule has 0 fully saturated rings. The number of benzene rings is 1. The maximum Gasteiger partial charge on any atom is 0.411 e. The molecular formula is C12H13F3N2O5. The van der Waals surface area contributed by atoms with E-state index in [0.29, 0.717) is 0 Å². The van der Waals surface area contributed by atoms with Crippen molar-refractivity contribution in [1.82, 2.24) is 5.32 Å². The van der Waals surface area contributed by atoms with Crippen LogP contribution in [-0.2, 0) is 4.74 Å². The molecule has 0 heterocycles. The number of methoxy groups -OCH3 is 1. The van der Waals surface area contributed by atoms with Crippen LogP contribution in [0.25, 0.3) is 0 Å². The summed E-state index contributed by atoms with van der Waals surface area (Å²) in [6, 6.07) is 3.58. The predicted octanol–water partition coefficient (Wildman–Crippen LogP) is 1.91. The van der Waals surface area contributed by atoms with Gasteiger partial charge in [0.25, 0.3) is 5.91 Å². The number of hydrogen-bond donors (Lipinski definition) is 1. The first-order valence-electron chi connectivity index (χ1n) is 5.99. The average Bonchev–Trinajstić information content (AvgIpc) is 2.44. The minimum atomic E-state index is -4.43. The fraction of sp³-hybridized carbons (Fsp3) is 0.417. The fourth-order valence-electron chi connectivity index (χ4n) is 1.50. The molecule has 1 aromatic carbocycles. The lowest BCUT2D eigenvalue weighted by molar-refractivity contribution is -0.385. The molecule has 1 rings (SSSR count). The van der Waals surface area contributed by atoms with Gasteiger partial charge in [0.2, 0.25) is 0 Å². The average molecular weight is 322 g/mol. The van der Waals surface area contributed by atoms with Crippen LogP contribution in [0.2, 0.25) is 0 Å². The number of alkyl halides is 3. The van der Waals surface area contributed by atoms with Crippen molar-refractivity contribution in [3.05, 3.63) is 33.9 Å². The molecule has 10 heteroatoms. The van der Waals surface area contributed by atoms with E-state index in [4.69, 9.17) is 4.74 Å². The fourth-order valence-corrected chi connectivity index (χ4v) is 1.50. The van der Waals surface area contributed by atoms with E-state index in [1.165, 1.54) is 19.2 Å². The molecular weight excluding hydrogens is 309 g/mol. The number of nitro benzene ring substituents is 1. The molecule has 0 bridgehead atoms. The lowest BCUT2D eigenvalue weighted by Crippen LogP contribution is -2.28. The van der Waals surface area contributed by atoms with Gasteiger partial charge in [-0.1, -0.05) is 0 Å². The van der Waals surface area contributed by atoms with Crippen molar-refractivity contribution in [3.8, 4) is 5.75 Å². The van der Waals surface area contributed by atoms with Gasteiger partial charge >= 0.3 is 11.9 Å². The van der Waals surface area contributed by atoms with Crippen LogP contribution in [0.3, 0.4) is 0 Å². The Balaban J connectivity index is 2.56. The Labute approximate surface area is 123 Å². The number of ether oxygens (including phenoxy) is 2. The van der Waals surface area contributed by atoms with Crippen molar-refractivity contribution >= 4 is 11.6 Å². The number of nitro groups is 1. The Morgan fingerprint density at radius 3 is 2.64 bits per heavy atom. The number of amides is 1. The number of nitrogens with one attached hydrogen (secondary N) is 1. The van der Waals surface area contributed by atoms with E-state index in [2.05, 4.69) is 10.1 Å². The van der Waals surface area contributed by atoms with Crippen LogP contribution in [-0.4, -0.2) is 43.9 Å². The van der Waals surface area contributed by atoms with Gasteiger partial charge in [0.15, 0.2) is 5.75 Å². The molecule has 1 amide bonds. The molecule has 0 atom stereocenters. The van der Waals surface area contributed by atoms with Crippen molar-refractivity contribution in [2.24, 2.45) is 0 Å². The predicted molar refractivity (Wildman–Crippen MR) is 68.9 cm³/mol. The summed E-state index contributed by atoms with van der Waals surface area (Å²) in [6.45, 7) is -1.89. The first kappa shape index (κ1) is 17.7. The molecule has 0 unspecified atom stereocenters. The van der Waals surface area contributed by atoms with Gasteiger partial charge in [-0.25, -0.2) is 0 Å². The van der Waals surface area contributed by atoms with Crippen molar-refractivity contribution < 1.29 is 32.4 Å². The molecule has 22 heavy (non-hydrogen) atoms. The molecule has 0 aliphatic heterocycles. The van der Waals surface area contributed by atoms with Crippen LogP contribution in [0.15, 0.2) is 18.2 Å². The van der Waals surface area contributed by atoms with E-state index in [9.17, 15) is 28.1 Å². The monoisotopic (exact) mass is 322 g/mol. The van der Waals surface area contributed by atoms with Gasteiger partial charge in [0.1, 0.15) is 6.61 Å². The summed E-state index contributed by atoms with van der Waals surface area (Å²) in [5.74, 6) is -0.670. The Morgan fingerprint density at radius 2 is 2.09 bits per heavy atom. The van der Waals surface area contributed by atoms with Crippen molar-refractivity contribution in [2.45, 2.75) is 6.18 Å². The first-order valence-corrected chi connectivity index (χ1v) is 5.99. The summed E-state index contributed by atoms with van der Waals surface area (Å²) < 4.78 is 44.5. The van der Waals surface area contributed by atoms with Crippen molar-refractivity contribution in [1.29, 1.82) is 0 Å². The van der Waals surface area contributed by atoms with Gasteiger partial charge in [-0.15, -0.1) is 0 Å². The summed E-state index contributed by atoms with van der Waals surface area (Å²) >= 11 is 0. The van der Waals surface area contributed by atoms with E-state index < -0.39 is 23.6 Å². The Morgan fingerprint density at radius 1 is 1.41 bits per heavy atom. The molecule has 0 aromatic heterocycles. The van der Waals surface area contributed by atoms with Crippen molar-refractivity contribution in [3.63, 3.8) is 0 Å². The Kier molecular flexibility index (Phi) is 6.11. The molecule has 0 aliphatic carbocycles. The molecule has 0 saturated carbocycles. The summed E-state index contributed by atoms with van der Waals surface area (Å²) in [6.07, 6.45) is -4.43. The zero-order valence-corrected chi connectivity index (χ0v) is 11.5. The van der Waals surface area contributed by atoms with Crippen LogP contribution in [0, 0.1) is 10.1 Å². The van der Waals surface area contributed by atoms with E-state index in [1.807, 2.05) is 0 Å². The highest BCUT2D eigenvalue weighted by Crippen LogP contribution is 2.27. The minimum absolute atomic E-state index is 0.00457. The number of halogens is 3. The Hall–Kier alpha value is -2.36. The first-order chi connectivity index (χ1) is 10.2.